The molecule has 1 aliphatic rings. The van der Waals surface area contributed by atoms with E-state index in [1.165, 1.54) is 6.07 Å². The molecule has 0 amide bonds. The van der Waals surface area contributed by atoms with Crippen LogP contribution in [0.3, 0.4) is 0 Å². The van der Waals surface area contributed by atoms with E-state index in [4.69, 9.17) is 11.6 Å². The predicted octanol–water partition coefficient (Wildman–Crippen LogP) is 2.14. The molecule has 4 heteroatoms. The zero-order chi connectivity index (χ0) is 11.6. The normalized spacial score (nSPS) is 24.9. The lowest BCUT2D eigenvalue weighted by Crippen LogP contribution is -2.45. The van der Waals surface area contributed by atoms with Gasteiger partial charge in [-0.15, -0.1) is 0 Å². The summed E-state index contributed by atoms with van der Waals surface area (Å²) in [5.74, 6) is -0.297. The molecule has 0 saturated carbocycles. The molecule has 1 heterocycles. The van der Waals surface area contributed by atoms with Crippen molar-refractivity contribution in [3.63, 3.8) is 0 Å². The fourth-order valence-corrected chi connectivity index (χ4v) is 2.40. The summed E-state index contributed by atoms with van der Waals surface area (Å²) in [7, 11) is 0. The summed E-state index contributed by atoms with van der Waals surface area (Å²) in [6, 6.07) is 4.69. The maximum absolute atomic E-state index is 13.6. The van der Waals surface area contributed by atoms with E-state index in [0.29, 0.717) is 17.0 Å². The summed E-state index contributed by atoms with van der Waals surface area (Å²) < 4.78 is 13.6. The molecule has 0 bridgehead atoms. The minimum absolute atomic E-state index is 0.0368. The van der Waals surface area contributed by atoms with Gasteiger partial charge < -0.3 is 10.4 Å². The van der Waals surface area contributed by atoms with Crippen LogP contribution in [0.25, 0.3) is 0 Å². The van der Waals surface area contributed by atoms with Crippen molar-refractivity contribution in [3.8, 4) is 0 Å². The quantitative estimate of drug-likeness (QED) is 0.853. The van der Waals surface area contributed by atoms with Crippen molar-refractivity contribution in [2.75, 3.05) is 13.2 Å². The smallest absolute Gasteiger partial charge is 0.127 e. The number of aliphatic hydroxyl groups excluding tert-OH is 1. The van der Waals surface area contributed by atoms with E-state index >= 15 is 0 Å². The predicted molar refractivity (Wildman–Crippen MR) is 62.2 cm³/mol. The molecule has 0 aliphatic carbocycles. The Kier molecular flexibility index (Phi) is 3.47. The molecular weight excluding hydrogens is 229 g/mol. The van der Waals surface area contributed by atoms with Crippen LogP contribution in [-0.4, -0.2) is 23.8 Å². The topological polar surface area (TPSA) is 32.3 Å². The third-order valence-corrected chi connectivity index (χ3v) is 3.41. The molecule has 0 aromatic heterocycles. The van der Waals surface area contributed by atoms with Crippen LogP contribution in [0.5, 0.6) is 0 Å². The average Bonchev–Trinajstić information content (AvgIpc) is 2.72. The first-order valence-corrected chi connectivity index (χ1v) is 5.83. The van der Waals surface area contributed by atoms with Crippen molar-refractivity contribution in [1.82, 2.24) is 5.32 Å². The lowest BCUT2D eigenvalue weighted by molar-refractivity contribution is 0.176. The Morgan fingerprint density at radius 2 is 2.31 bits per heavy atom. The molecule has 2 nitrogen and oxygen atoms in total. The van der Waals surface area contributed by atoms with Gasteiger partial charge in [0.2, 0.25) is 0 Å². The van der Waals surface area contributed by atoms with E-state index in [1.807, 2.05) is 0 Å². The van der Waals surface area contributed by atoms with Crippen LogP contribution in [0, 0.1) is 5.82 Å². The first kappa shape index (κ1) is 11.8. The van der Waals surface area contributed by atoms with Gasteiger partial charge in [-0.3, -0.25) is 0 Å². The second-order valence-electron chi connectivity index (χ2n) is 4.38. The number of hydrogen-bond acceptors (Lipinski definition) is 2. The maximum atomic E-state index is 13.6. The van der Waals surface area contributed by atoms with Crippen molar-refractivity contribution < 1.29 is 9.50 Å². The molecule has 2 rings (SSSR count). The van der Waals surface area contributed by atoms with Crippen LogP contribution < -0.4 is 5.32 Å². The van der Waals surface area contributed by atoms with Gasteiger partial charge in [-0.25, -0.2) is 4.39 Å². The van der Waals surface area contributed by atoms with E-state index in [0.717, 1.165) is 19.4 Å². The highest BCUT2D eigenvalue weighted by Crippen LogP contribution is 2.26. The number of halogens is 2. The Balaban J connectivity index is 2.19. The number of rotatable bonds is 3. The summed E-state index contributed by atoms with van der Waals surface area (Å²) in [4.78, 5) is 0. The summed E-state index contributed by atoms with van der Waals surface area (Å²) in [6.45, 7) is 0.921. The molecule has 1 saturated heterocycles. The molecule has 1 aliphatic heterocycles. The minimum atomic E-state index is -0.353. The molecule has 1 aromatic carbocycles. The Morgan fingerprint density at radius 1 is 1.50 bits per heavy atom. The molecule has 1 atom stereocenters. The van der Waals surface area contributed by atoms with Crippen LogP contribution in [0.4, 0.5) is 4.39 Å². The van der Waals surface area contributed by atoms with E-state index in [9.17, 15) is 9.50 Å². The first-order valence-electron chi connectivity index (χ1n) is 5.45. The Morgan fingerprint density at radius 3 is 2.88 bits per heavy atom. The molecular formula is C12H15ClFNO. The van der Waals surface area contributed by atoms with Gasteiger partial charge in [-0.05, 0) is 43.5 Å². The molecule has 1 aromatic rings. The minimum Gasteiger partial charge on any atom is -0.394 e. The lowest BCUT2D eigenvalue weighted by atomic mass is 9.90. The highest BCUT2D eigenvalue weighted by atomic mass is 35.5. The van der Waals surface area contributed by atoms with E-state index in [1.54, 1.807) is 12.1 Å². The highest BCUT2D eigenvalue weighted by Gasteiger charge is 2.33. The van der Waals surface area contributed by atoms with Crippen LogP contribution in [-0.2, 0) is 6.42 Å². The Labute approximate surface area is 99.4 Å². The number of nitrogens with one attached hydrogen (secondary N) is 1. The summed E-state index contributed by atoms with van der Waals surface area (Å²) in [6.07, 6.45) is 2.41. The van der Waals surface area contributed by atoms with Crippen molar-refractivity contribution in [2.45, 2.75) is 24.8 Å². The molecule has 0 radical (unpaired) electrons. The van der Waals surface area contributed by atoms with Crippen molar-refractivity contribution in [2.24, 2.45) is 0 Å². The van der Waals surface area contributed by atoms with Gasteiger partial charge in [-0.1, -0.05) is 17.7 Å². The van der Waals surface area contributed by atoms with E-state index < -0.39 is 0 Å². The molecule has 1 unspecified atom stereocenters. The molecule has 88 valence electrons. The number of benzene rings is 1. The van der Waals surface area contributed by atoms with Gasteiger partial charge in [0.25, 0.3) is 0 Å². The molecule has 16 heavy (non-hydrogen) atoms. The molecule has 2 N–H and O–H groups in total. The second kappa shape index (κ2) is 4.70. The van der Waals surface area contributed by atoms with E-state index in [2.05, 4.69) is 5.32 Å². The molecule has 1 fully saturated rings. The lowest BCUT2D eigenvalue weighted by Gasteiger charge is -2.27. The monoisotopic (exact) mass is 243 g/mol. The highest BCUT2D eigenvalue weighted by molar-refractivity contribution is 6.30. The fraction of sp³-hybridized carbons (Fsp3) is 0.500. The Hall–Kier alpha value is -0.640. The van der Waals surface area contributed by atoms with Gasteiger partial charge in [0.05, 0.1) is 6.61 Å². The maximum Gasteiger partial charge on any atom is 0.127 e. The standard InChI is InChI=1S/C12H15ClFNO/c13-10-3-2-9(11(14)6-10)7-12(8-16)4-1-5-15-12/h2-3,6,15-16H,1,4-5,7-8H2. The van der Waals surface area contributed by atoms with Crippen LogP contribution in [0.2, 0.25) is 5.02 Å². The van der Waals surface area contributed by atoms with E-state index in [-0.39, 0.29) is 18.0 Å². The van der Waals surface area contributed by atoms with Gasteiger partial charge in [0, 0.05) is 10.6 Å². The summed E-state index contributed by atoms with van der Waals surface area (Å²) in [5, 5.41) is 13.1. The van der Waals surface area contributed by atoms with Crippen LogP contribution in [0.1, 0.15) is 18.4 Å². The third-order valence-electron chi connectivity index (χ3n) is 3.18. The fourth-order valence-electron chi connectivity index (χ4n) is 2.24. The van der Waals surface area contributed by atoms with Gasteiger partial charge >= 0.3 is 0 Å². The third kappa shape index (κ3) is 2.37. The van der Waals surface area contributed by atoms with Gasteiger partial charge in [0.1, 0.15) is 5.82 Å². The largest absolute Gasteiger partial charge is 0.394 e. The second-order valence-corrected chi connectivity index (χ2v) is 4.82. The van der Waals surface area contributed by atoms with Crippen molar-refractivity contribution >= 4 is 11.6 Å². The van der Waals surface area contributed by atoms with Crippen LogP contribution in [0.15, 0.2) is 18.2 Å². The zero-order valence-corrected chi connectivity index (χ0v) is 9.73. The van der Waals surface area contributed by atoms with Crippen LogP contribution >= 0.6 is 11.6 Å². The van der Waals surface area contributed by atoms with Crippen molar-refractivity contribution in [1.29, 1.82) is 0 Å². The zero-order valence-electron chi connectivity index (χ0n) is 8.97. The Bertz CT molecular complexity index is 377. The van der Waals surface area contributed by atoms with Gasteiger partial charge in [0.15, 0.2) is 0 Å². The average molecular weight is 244 g/mol. The number of aliphatic hydroxyl groups is 1. The summed E-state index contributed by atoms with van der Waals surface area (Å²) >= 11 is 5.70. The first-order chi connectivity index (χ1) is 7.65. The number of hydrogen-bond donors (Lipinski definition) is 2. The molecule has 0 spiro atoms. The van der Waals surface area contributed by atoms with Gasteiger partial charge in [-0.2, -0.15) is 0 Å². The summed E-state index contributed by atoms with van der Waals surface area (Å²) in [5.41, 5.74) is 0.252. The van der Waals surface area contributed by atoms with Crippen molar-refractivity contribution in [3.05, 3.63) is 34.6 Å². The SMILES string of the molecule is OCC1(Cc2ccc(Cl)cc2F)CCCN1.